The molecule has 0 aliphatic carbocycles. The van der Waals surface area contributed by atoms with E-state index in [1.165, 1.54) is 0 Å². The number of esters is 1. The molecule has 25 heavy (non-hydrogen) atoms. The molecule has 3 rings (SSSR count). The van der Waals surface area contributed by atoms with E-state index in [-0.39, 0.29) is 0 Å². The van der Waals surface area contributed by atoms with Crippen LogP contribution in [0.5, 0.6) is 5.75 Å². The predicted octanol–water partition coefficient (Wildman–Crippen LogP) is 5.12. The van der Waals surface area contributed by atoms with Crippen LogP contribution in [0.15, 0.2) is 62.2 Å². The van der Waals surface area contributed by atoms with Gasteiger partial charge < -0.3 is 9.15 Å². The summed E-state index contributed by atoms with van der Waals surface area (Å²) < 4.78 is 11.9. The fourth-order valence-electron chi connectivity index (χ4n) is 2.58. The summed E-state index contributed by atoms with van der Waals surface area (Å²) >= 11 is 3.34. The summed E-state index contributed by atoms with van der Waals surface area (Å²) in [6.45, 7) is 2.04. The summed E-state index contributed by atoms with van der Waals surface area (Å²) in [6.07, 6.45) is 2.24. The molecule has 2 aromatic carbocycles. The van der Waals surface area contributed by atoms with Gasteiger partial charge in [0.2, 0.25) is 0 Å². The maximum absolute atomic E-state index is 12.5. The molecule has 0 saturated carbocycles. The van der Waals surface area contributed by atoms with Crippen molar-refractivity contribution in [3.8, 4) is 5.75 Å². The second-order valence-electron chi connectivity index (χ2n) is 5.69. The van der Waals surface area contributed by atoms with Crippen LogP contribution in [0, 0.1) is 0 Å². The molecule has 0 radical (unpaired) electrons. The largest absolute Gasteiger partial charge is 0.422 e. The molecular weight excluding hydrogens is 384 g/mol. The van der Waals surface area contributed by atoms with E-state index in [9.17, 15) is 9.59 Å². The van der Waals surface area contributed by atoms with Crippen molar-refractivity contribution in [2.24, 2.45) is 0 Å². The zero-order valence-corrected chi connectivity index (χ0v) is 15.3. The van der Waals surface area contributed by atoms with Crippen LogP contribution < -0.4 is 10.4 Å². The molecule has 1 heterocycles. The number of ether oxygens (including phenoxy) is 1. The average Bonchev–Trinajstić information content (AvgIpc) is 2.61. The normalized spacial score (nSPS) is 10.8. The lowest BCUT2D eigenvalue weighted by molar-refractivity contribution is 0.0734. The Morgan fingerprint density at radius 2 is 1.84 bits per heavy atom. The minimum atomic E-state index is -0.499. The summed E-state index contributed by atoms with van der Waals surface area (Å²) in [5.41, 5.74) is 0.782. The van der Waals surface area contributed by atoms with Gasteiger partial charge in [-0.05, 0) is 49.2 Å². The van der Waals surface area contributed by atoms with Gasteiger partial charge in [0.1, 0.15) is 5.58 Å². The van der Waals surface area contributed by atoms with Crippen LogP contribution in [0.2, 0.25) is 0 Å². The van der Waals surface area contributed by atoms with E-state index in [2.05, 4.69) is 15.9 Å². The number of halogens is 1. The van der Waals surface area contributed by atoms with Crippen molar-refractivity contribution >= 4 is 32.9 Å². The van der Waals surface area contributed by atoms with Crippen molar-refractivity contribution in [1.82, 2.24) is 0 Å². The zero-order valence-electron chi connectivity index (χ0n) is 13.8. The van der Waals surface area contributed by atoms with Gasteiger partial charge in [0, 0.05) is 4.47 Å². The van der Waals surface area contributed by atoms with E-state index in [1.807, 2.05) is 13.0 Å². The third-order valence-corrected chi connectivity index (χ3v) is 4.44. The average molecular weight is 401 g/mol. The van der Waals surface area contributed by atoms with Gasteiger partial charge in [-0.25, -0.2) is 9.59 Å². The standard InChI is InChI=1S/C20H17BrO4/c1-2-3-6-16-18(15-7-4-5-8-17(15)24-20(16)23)25-19(22)13-9-11-14(21)12-10-13/h4-5,7-12H,2-3,6H2,1H3. The third kappa shape index (κ3) is 3.82. The molecular formula is C20H17BrO4. The molecule has 0 atom stereocenters. The first kappa shape index (κ1) is 17.4. The van der Waals surface area contributed by atoms with Crippen LogP contribution in [0.3, 0.4) is 0 Å². The van der Waals surface area contributed by atoms with Gasteiger partial charge >= 0.3 is 11.6 Å². The Kier molecular flexibility index (Phi) is 5.34. The summed E-state index contributed by atoms with van der Waals surface area (Å²) in [5.74, 6) is -0.200. The Morgan fingerprint density at radius 1 is 1.12 bits per heavy atom. The quantitative estimate of drug-likeness (QED) is 0.440. The number of fused-ring (bicyclic) bond motifs is 1. The lowest BCUT2D eigenvalue weighted by Gasteiger charge is -2.11. The van der Waals surface area contributed by atoms with Gasteiger partial charge in [-0.2, -0.15) is 0 Å². The highest BCUT2D eigenvalue weighted by Gasteiger charge is 2.19. The summed E-state index contributed by atoms with van der Waals surface area (Å²) in [7, 11) is 0. The Labute approximate surface area is 153 Å². The number of carbonyl (C=O) groups is 1. The molecule has 0 aliphatic heterocycles. The van der Waals surface area contributed by atoms with E-state index in [4.69, 9.17) is 9.15 Å². The van der Waals surface area contributed by atoms with Gasteiger partial charge in [-0.15, -0.1) is 0 Å². The third-order valence-electron chi connectivity index (χ3n) is 3.91. The molecule has 128 valence electrons. The van der Waals surface area contributed by atoms with Gasteiger partial charge in [-0.1, -0.05) is 41.4 Å². The molecule has 0 fully saturated rings. The number of hydrogen-bond acceptors (Lipinski definition) is 4. The minimum absolute atomic E-state index is 0.299. The molecule has 1 aromatic heterocycles. The highest BCUT2D eigenvalue weighted by atomic mass is 79.9. The number of unbranched alkanes of at least 4 members (excludes halogenated alkanes) is 1. The first-order valence-corrected chi connectivity index (χ1v) is 8.92. The van der Waals surface area contributed by atoms with Gasteiger partial charge in [0.15, 0.2) is 5.75 Å². The molecule has 3 aromatic rings. The van der Waals surface area contributed by atoms with E-state index >= 15 is 0 Å². The van der Waals surface area contributed by atoms with Crippen LogP contribution in [0.25, 0.3) is 11.0 Å². The summed E-state index contributed by atoms with van der Waals surface area (Å²) in [4.78, 5) is 24.9. The van der Waals surface area contributed by atoms with Crippen LogP contribution >= 0.6 is 15.9 Å². The molecule has 0 spiro atoms. The minimum Gasteiger partial charge on any atom is -0.422 e. The Hall–Kier alpha value is -2.40. The lowest BCUT2D eigenvalue weighted by atomic mass is 10.1. The number of hydrogen-bond donors (Lipinski definition) is 0. The van der Waals surface area contributed by atoms with E-state index in [0.29, 0.717) is 34.3 Å². The molecule has 0 bridgehead atoms. The van der Waals surface area contributed by atoms with Crippen molar-refractivity contribution in [2.75, 3.05) is 0 Å². The topological polar surface area (TPSA) is 56.5 Å². The number of para-hydroxylation sites is 1. The molecule has 0 amide bonds. The number of rotatable bonds is 5. The highest BCUT2D eigenvalue weighted by molar-refractivity contribution is 9.10. The van der Waals surface area contributed by atoms with Crippen LogP contribution in [0.4, 0.5) is 0 Å². The molecule has 4 nitrogen and oxygen atoms in total. The van der Waals surface area contributed by atoms with Crippen molar-refractivity contribution in [3.63, 3.8) is 0 Å². The molecule has 0 saturated heterocycles. The second kappa shape index (κ2) is 7.66. The summed E-state index contributed by atoms with van der Waals surface area (Å²) in [5, 5.41) is 0.624. The van der Waals surface area contributed by atoms with Gasteiger partial charge in [0.25, 0.3) is 0 Å². The number of benzene rings is 2. The Morgan fingerprint density at radius 3 is 2.56 bits per heavy atom. The van der Waals surface area contributed by atoms with E-state index in [1.54, 1.807) is 42.5 Å². The van der Waals surface area contributed by atoms with Crippen molar-refractivity contribution in [1.29, 1.82) is 0 Å². The second-order valence-corrected chi connectivity index (χ2v) is 6.61. The van der Waals surface area contributed by atoms with Crippen molar-refractivity contribution in [3.05, 3.63) is 74.6 Å². The monoisotopic (exact) mass is 400 g/mol. The lowest BCUT2D eigenvalue weighted by Crippen LogP contribution is -2.15. The van der Waals surface area contributed by atoms with E-state index in [0.717, 1.165) is 17.3 Å². The van der Waals surface area contributed by atoms with Crippen LogP contribution in [0.1, 0.15) is 35.7 Å². The predicted molar refractivity (Wildman–Crippen MR) is 100 cm³/mol. The van der Waals surface area contributed by atoms with Crippen LogP contribution in [-0.2, 0) is 6.42 Å². The van der Waals surface area contributed by atoms with Gasteiger partial charge in [0.05, 0.1) is 16.5 Å². The first-order valence-electron chi connectivity index (χ1n) is 8.12. The Bertz CT molecular complexity index is 958. The molecule has 0 unspecified atom stereocenters. The van der Waals surface area contributed by atoms with Crippen LogP contribution in [-0.4, -0.2) is 5.97 Å². The fourth-order valence-corrected chi connectivity index (χ4v) is 2.85. The fraction of sp³-hybridized carbons (Fsp3) is 0.200. The summed E-state index contributed by atoms with van der Waals surface area (Å²) in [6, 6.07) is 14.0. The Balaban J connectivity index is 2.07. The van der Waals surface area contributed by atoms with E-state index < -0.39 is 11.6 Å². The smallest absolute Gasteiger partial charge is 0.343 e. The van der Waals surface area contributed by atoms with Gasteiger partial charge in [-0.3, -0.25) is 0 Å². The SMILES string of the molecule is CCCCc1c(OC(=O)c2ccc(Br)cc2)c2ccccc2oc1=O. The number of carbonyl (C=O) groups excluding carboxylic acids is 1. The maximum Gasteiger partial charge on any atom is 0.343 e. The zero-order chi connectivity index (χ0) is 17.8. The van der Waals surface area contributed by atoms with Crippen molar-refractivity contribution in [2.45, 2.75) is 26.2 Å². The molecule has 0 aliphatic rings. The highest BCUT2D eigenvalue weighted by Crippen LogP contribution is 2.29. The van der Waals surface area contributed by atoms with Crippen molar-refractivity contribution < 1.29 is 13.9 Å². The first-order chi connectivity index (χ1) is 12.1. The maximum atomic E-state index is 12.5. The molecule has 0 N–H and O–H groups in total. The molecule has 5 heteroatoms.